The van der Waals surface area contributed by atoms with Crippen LogP contribution < -0.4 is 10.5 Å². The molecule has 2 nitrogen and oxygen atoms in total. The lowest BCUT2D eigenvalue weighted by Crippen LogP contribution is -2.28. The molecule has 1 saturated carbocycles. The molecule has 0 saturated heterocycles. The SMILES string of the molecule is Cc1ccc(OC2CCCCC2C)c(CN)c1. The largest absolute Gasteiger partial charge is 0.490 e. The zero-order valence-corrected chi connectivity index (χ0v) is 10.9. The number of benzene rings is 1. The predicted molar refractivity (Wildman–Crippen MR) is 71.1 cm³/mol. The van der Waals surface area contributed by atoms with Crippen molar-refractivity contribution in [1.29, 1.82) is 0 Å². The van der Waals surface area contributed by atoms with E-state index in [9.17, 15) is 0 Å². The van der Waals surface area contributed by atoms with Crippen molar-refractivity contribution in [3.63, 3.8) is 0 Å². The van der Waals surface area contributed by atoms with Crippen LogP contribution in [-0.2, 0) is 6.54 Å². The lowest BCUT2D eigenvalue weighted by molar-refractivity contribution is 0.101. The van der Waals surface area contributed by atoms with E-state index >= 15 is 0 Å². The highest BCUT2D eigenvalue weighted by atomic mass is 16.5. The molecule has 94 valence electrons. The Kier molecular flexibility index (Phi) is 4.06. The summed E-state index contributed by atoms with van der Waals surface area (Å²) in [6.45, 7) is 4.93. The Balaban J connectivity index is 2.11. The minimum absolute atomic E-state index is 0.372. The molecular formula is C15H23NO. The molecule has 2 heteroatoms. The van der Waals surface area contributed by atoms with E-state index in [2.05, 4.69) is 32.0 Å². The summed E-state index contributed by atoms with van der Waals surface area (Å²) in [5.74, 6) is 1.65. The van der Waals surface area contributed by atoms with Crippen LogP contribution in [0.15, 0.2) is 18.2 Å². The van der Waals surface area contributed by atoms with Crippen molar-refractivity contribution >= 4 is 0 Å². The van der Waals surface area contributed by atoms with E-state index in [0.29, 0.717) is 18.6 Å². The third-order valence-electron chi connectivity index (χ3n) is 3.75. The molecule has 1 aromatic carbocycles. The predicted octanol–water partition coefficient (Wildman–Crippen LogP) is 3.41. The van der Waals surface area contributed by atoms with Crippen molar-refractivity contribution in [1.82, 2.24) is 0 Å². The Morgan fingerprint density at radius 3 is 2.76 bits per heavy atom. The summed E-state index contributed by atoms with van der Waals surface area (Å²) in [6, 6.07) is 6.30. The molecule has 17 heavy (non-hydrogen) atoms. The fraction of sp³-hybridized carbons (Fsp3) is 0.600. The third-order valence-corrected chi connectivity index (χ3v) is 3.75. The Morgan fingerprint density at radius 2 is 2.06 bits per heavy atom. The van der Waals surface area contributed by atoms with Crippen molar-refractivity contribution in [3.05, 3.63) is 29.3 Å². The average Bonchev–Trinajstić information content (AvgIpc) is 2.34. The lowest BCUT2D eigenvalue weighted by atomic mass is 9.88. The Hall–Kier alpha value is -1.02. The van der Waals surface area contributed by atoms with E-state index in [1.54, 1.807) is 0 Å². The second-order valence-corrected chi connectivity index (χ2v) is 5.23. The Morgan fingerprint density at radius 1 is 1.29 bits per heavy atom. The van der Waals surface area contributed by atoms with Crippen molar-refractivity contribution in [3.8, 4) is 5.75 Å². The molecule has 2 N–H and O–H groups in total. The normalized spacial score (nSPS) is 24.6. The summed E-state index contributed by atoms with van der Waals surface area (Å²) < 4.78 is 6.16. The zero-order valence-electron chi connectivity index (χ0n) is 10.9. The zero-order chi connectivity index (χ0) is 12.3. The van der Waals surface area contributed by atoms with E-state index in [1.165, 1.54) is 31.2 Å². The first kappa shape index (κ1) is 12.4. The van der Waals surface area contributed by atoms with Gasteiger partial charge in [0.15, 0.2) is 0 Å². The molecule has 2 rings (SSSR count). The van der Waals surface area contributed by atoms with Gasteiger partial charge in [-0.3, -0.25) is 0 Å². The third kappa shape index (κ3) is 3.01. The molecule has 1 aliphatic carbocycles. The minimum Gasteiger partial charge on any atom is -0.490 e. The maximum Gasteiger partial charge on any atom is 0.124 e. The summed E-state index contributed by atoms with van der Waals surface area (Å²) in [5.41, 5.74) is 8.15. The summed E-state index contributed by atoms with van der Waals surface area (Å²) in [6.07, 6.45) is 5.47. The second-order valence-electron chi connectivity index (χ2n) is 5.23. The maximum absolute atomic E-state index is 6.16. The van der Waals surface area contributed by atoms with Gasteiger partial charge >= 0.3 is 0 Å². The van der Waals surface area contributed by atoms with Crippen LogP contribution >= 0.6 is 0 Å². The fourth-order valence-corrected chi connectivity index (χ4v) is 2.60. The van der Waals surface area contributed by atoms with Crippen molar-refractivity contribution in [2.24, 2.45) is 11.7 Å². The van der Waals surface area contributed by atoms with Gasteiger partial charge in [0.2, 0.25) is 0 Å². The van der Waals surface area contributed by atoms with Gasteiger partial charge in [0.05, 0.1) is 0 Å². The lowest BCUT2D eigenvalue weighted by Gasteiger charge is -2.30. The van der Waals surface area contributed by atoms with E-state index in [0.717, 1.165) is 11.3 Å². The highest BCUT2D eigenvalue weighted by Gasteiger charge is 2.23. The van der Waals surface area contributed by atoms with Gasteiger partial charge in [-0.05, 0) is 38.2 Å². The van der Waals surface area contributed by atoms with Crippen LogP contribution in [0.25, 0.3) is 0 Å². The van der Waals surface area contributed by atoms with Gasteiger partial charge in [-0.1, -0.05) is 31.0 Å². The summed E-state index contributed by atoms with van der Waals surface area (Å²) >= 11 is 0. The van der Waals surface area contributed by atoms with Gasteiger partial charge in [0.1, 0.15) is 11.9 Å². The quantitative estimate of drug-likeness (QED) is 0.868. The summed E-state index contributed by atoms with van der Waals surface area (Å²) in [5, 5.41) is 0. The van der Waals surface area contributed by atoms with E-state index in [-0.39, 0.29) is 0 Å². The first-order valence-electron chi connectivity index (χ1n) is 6.67. The average molecular weight is 233 g/mol. The van der Waals surface area contributed by atoms with Crippen LogP contribution in [0.5, 0.6) is 5.75 Å². The van der Waals surface area contributed by atoms with Crippen LogP contribution in [0.3, 0.4) is 0 Å². The van der Waals surface area contributed by atoms with Crippen LogP contribution in [0.1, 0.15) is 43.7 Å². The molecule has 1 aromatic rings. The molecule has 0 spiro atoms. The fourth-order valence-electron chi connectivity index (χ4n) is 2.60. The molecule has 0 radical (unpaired) electrons. The van der Waals surface area contributed by atoms with Crippen LogP contribution in [0.2, 0.25) is 0 Å². The molecule has 0 amide bonds. The number of rotatable bonds is 3. The first-order chi connectivity index (χ1) is 8.20. The van der Waals surface area contributed by atoms with Gasteiger partial charge in [0.25, 0.3) is 0 Å². The monoisotopic (exact) mass is 233 g/mol. The second kappa shape index (κ2) is 5.54. The molecule has 0 bridgehead atoms. The Labute approximate surface area is 104 Å². The highest BCUT2D eigenvalue weighted by Crippen LogP contribution is 2.29. The number of aryl methyl sites for hydroxylation is 1. The molecule has 1 fully saturated rings. The molecule has 0 heterocycles. The maximum atomic E-state index is 6.16. The van der Waals surface area contributed by atoms with Gasteiger partial charge in [-0.25, -0.2) is 0 Å². The van der Waals surface area contributed by atoms with Gasteiger partial charge in [-0.15, -0.1) is 0 Å². The Bertz CT molecular complexity index is 375. The van der Waals surface area contributed by atoms with Crippen LogP contribution in [-0.4, -0.2) is 6.10 Å². The molecule has 1 aliphatic rings. The van der Waals surface area contributed by atoms with Gasteiger partial charge < -0.3 is 10.5 Å². The minimum atomic E-state index is 0.372. The summed E-state index contributed by atoms with van der Waals surface area (Å²) in [4.78, 5) is 0. The van der Waals surface area contributed by atoms with Crippen LogP contribution in [0.4, 0.5) is 0 Å². The van der Waals surface area contributed by atoms with Crippen molar-refractivity contribution in [2.45, 2.75) is 52.2 Å². The molecule has 0 aromatic heterocycles. The molecule has 0 aliphatic heterocycles. The number of nitrogens with two attached hydrogens (primary N) is 1. The van der Waals surface area contributed by atoms with Gasteiger partial charge in [0, 0.05) is 12.1 Å². The summed E-state index contributed by atoms with van der Waals surface area (Å²) in [7, 11) is 0. The first-order valence-corrected chi connectivity index (χ1v) is 6.67. The van der Waals surface area contributed by atoms with Crippen LogP contribution in [0, 0.1) is 12.8 Å². The number of hydrogen-bond acceptors (Lipinski definition) is 2. The highest BCUT2D eigenvalue weighted by molar-refractivity contribution is 5.36. The molecular weight excluding hydrogens is 210 g/mol. The smallest absolute Gasteiger partial charge is 0.124 e. The number of hydrogen-bond donors (Lipinski definition) is 1. The van der Waals surface area contributed by atoms with E-state index in [1.807, 2.05) is 0 Å². The van der Waals surface area contributed by atoms with Crippen molar-refractivity contribution in [2.75, 3.05) is 0 Å². The van der Waals surface area contributed by atoms with E-state index in [4.69, 9.17) is 10.5 Å². The van der Waals surface area contributed by atoms with Crippen molar-refractivity contribution < 1.29 is 4.74 Å². The molecule has 2 atom stereocenters. The standard InChI is InChI=1S/C15H23NO/c1-11-7-8-15(13(9-11)10-16)17-14-6-4-3-5-12(14)2/h7-9,12,14H,3-6,10,16H2,1-2H3. The number of ether oxygens (including phenoxy) is 1. The topological polar surface area (TPSA) is 35.2 Å². The molecule has 2 unspecified atom stereocenters. The van der Waals surface area contributed by atoms with E-state index < -0.39 is 0 Å². The van der Waals surface area contributed by atoms with Gasteiger partial charge in [-0.2, -0.15) is 0 Å².